The van der Waals surface area contributed by atoms with Crippen molar-refractivity contribution in [3.8, 4) is 0 Å². The van der Waals surface area contributed by atoms with Crippen molar-refractivity contribution < 1.29 is 0 Å². The summed E-state index contributed by atoms with van der Waals surface area (Å²) in [7, 11) is 0. The molecule has 2 atom stereocenters. The van der Waals surface area contributed by atoms with Crippen LogP contribution in [0.15, 0.2) is 0 Å². The van der Waals surface area contributed by atoms with Gasteiger partial charge in [-0.15, -0.1) is 0 Å². The van der Waals surface area contributed by atoms with Gasteiger partial charge >= 0.3 is 0 Å². The van der Waals surface area contributed by atoms with Crippen LogP contribution in [0.25, 0.3) is 0 Å². The minimum Gasteiger partial charge on any atom is -0.284 e. The van der Waals surface area contributed by atoms with Crippen molar-refractivity contribution in [1.82, 2.24) is 19.6 Å². The molecule has 2 unspecified atom stereocenters. The van der Waals surface area contributed by atoms with Crippen molar-refractivity contribution in [2.45, 2.75) is 25.2 Å². The van der Waals surface area contributed by atoms with E-state index in [0.29, 0.717) is 0 Å². The number of hydrogen-bond donors (Lipinski definition) is 0. The molecular weight excluding hydrogens is 188 g/mol. The van der Waals surface area contributed by atoms with Crippen LogP contribution in [-0.4, -0.2) is 77.9 Å². The maximum Gasteiger partial charge on any atom is 0.0932 e. The van der Waals surface area contributed by atoms with Crippen molar-refractivity contribution in [1.29, 1.82) is 0 Å². The van der Waals surface area contributed by atoms with Gasteiger partial charge in [-0.05, 0) is 12.8 Å². The second kappa shape index (κ2) is 3.17. The van der Waals surface area contributed by atoms with Crippen molar-refractivity contribution in [2.75, 3.05) is 45.9 Å². The van der Waals surface area contributed by atoms with E-state index in [2.05, 4.69) is 19.6 Å². The Hall–Kier alpha value is -0.160. The molecule has 0 aromatic carbocycles. The molecule has 0 spiro atoms. The Morgan fingerprint density at radius 3 is 1.53 bits per heavy atom. The molecule has 4 heteroatoms. The van der Waals surface area contributed by atoms with E-state index in [-0.39, 0.29) is 0 Å². The van der Waals surface area contributed by atoms with Crippen molar-refractivity contribution in [2.24, 2.45) is 0 Å². The minimum atomic E-state index is 0.729. The zero-order valence-electron chi connectivity index (χ0n) is 9.31. The summed E-state index contributed by atoms with van der Waals surface area (Å²) in [5, 5.41) is 0. The molecule has 4 saturated heterocycles. The number of piperazine rings is 1. The van der Waals surface area contributed by atoms with Crippen molar-refractivity contribution >= 4 is 0 Å². The first-order valence-corrected chi connectivity index (χ1v) is 6.40. The maximum atomic E-state index is 2.72. The number of nitrogens with zero attached hydrogens (tertiary/aromatic N) is 4. The molecule has 4 heterocycles. The van der Waals surface area contributed by atoms with E-state index in [1.165, 1.54) is 58.8 Å². The molecule has 4 aliphatic rings. The fourth-order valence-electron chi connectivity index (χ4n) is 3.99. The van der Waals surface area contributed by atoms with E-state index < -0.39 is 0 Å². The summed E-state index contributed by atoms with van der Waals surface area (Å²) in [5.74, 6) is 0. The van der Waals surface area contributed by atoms with E-state index in [1.807, 2.05) is 0 Å². The standard InChI is InChI=1S/C11H20N4/c1-3-12-7-8-13-4-2-6-15-9-14(5-1)10(12)11(13)15/h10-11H,1-9H2. The third kappa shape index (κ3) is 1.16. The molecular formula is C11H20N4. The highest BCUT2D eigenvalue weighted by molar-refractivity contribution is 5.00. The number of rotatable bonds is 0. The van der Waals surface area contributed by atoms with E-state index in [4.69, 9.17) is 0 Å². The van der Waals surface area contributed by atoms with Crippen molar-refractivity contribution in [3.63, 3.8) is 0 Å². The smallest absolute Gasteiger partial charge is 0.0932 e. The van der Waals surface area contributed by atoms with Gasteiger partial charge in [0.25, 0.3) is 0 Å². The average Bonchev–Trinajstić information content (AvgIpc) is 2.66. The molecule has 4 aliphatic heterocycles. The fraction of sp³-hybridized carbons (Fsp3) is 1.00. The summed E-state index contributed by atoms with van der Waals surface area (Å²) in [5.41, 5.74) is 0. The van der Waals surface area contributed by atoms with E-state index in [1.54, 1.807) is 0 Å². The van der Waals surface area contributed by atoms with Gasteiger partial charge in [-0.2, -0.15) is 0 Å². The summed E-state index contributed by atoms with van der Waals surface area (Å²) >= 11 is 0. The summed E-state index contributed by atoms with van der Waals surface area (Å²) in [6.45, 7) is 9.13. The van der Waals surface area contributed by atoms with Gasteiger partial charge in [0, 0.05) is 39.3 Å². The van der Waals surface area contributed by atoms with E-state index in [0.717, 1.165) is 12.3 Å². The van der Waals surface area contributed by atoms with Crippen LogP contribution >= 0.6 is 0 Å². The molecule has 4 nitrogen and oxygen atoms in total. The Balaban J connectivity index is 1.69. The van der Waals surface area contributed by atoms with Gasteiger partial charge in [-0.3, -0.25) is 19.6 Å². The van der Waals surface area contributed by atoms with Gasteiger partial charge < -0.3 is 0 Å². The van der Waals surface area contributed by atoms with E-state index in [9.17, 15) is 0 Å². The summed E-state index contributed by atoms with van der Waals surface area (Å²) < 4.78 is 0. The normalized spacial score (nSPS) is 43.2. The second-order valence-corrected chi connectivity index (χ2v) is 5.37. The Kier molecular flexibility index (Phi) is 1.89. The van der Waals surface area contributed by atoms with Crippen LogP contribution in [0.1, 0.15) is 12.8 Å². The van der Waals surface area contributed by atoms with Crippen LogP contribution in [0, 0.1) is 0 Å². The van der Waals surface area contributed by atoms with Gasteiger partial charge in [-0.25, -0.2) is 0 Å². The fourth-order valence-corrected chi connectivity index (χ4v) is 3.99. The van der Waals surface area contributed by atoms with Crippen LogP contribution in [0.2, 0.25) is 0 Å². The lowest BCUT2D eigenvalue weighted by atomic mass is 10.1. The molecule has 0 aromatic rings. The Morgan fingerprint density at radius 2 is 1.00 bits per heavy atom. The zero-order chi connectivity index (χ0) is 9.83. The maximum absolute atomic E-state index is 2.72. The lowest BCUT2D eigenvalue weighted by Gasteiger charge is -2.51. The topological polar surface area (TPSA) is 13.0 Å². The molecule has 0 bridgehead atoms. The number of hydrogen-bond acceptors (Lipinski definition) is 4. The largest absolute Gasteiger partial charge is 0.284 e. The first-order chi connectivity index (χ1) is 7.43. The van der Waals surface area contributed by atoms with Crippen LogP contribution in [0.3, 0.4) is 0 Å². The molecule has 0 radical (unpaired) electrons. The summed E-state index contributed by atoms with van der Waals surface area (Å²) in [6.07, 6.45) is 4.20. The summed E-state index contributed by atoms with van der Waals surface area (Å²) in [6, 6.07) is 0. The molecule has 0 saturated carbocycles. The van der Waals surface area contributed by atoms with Gasteiger partial charge in [-0.1, -0.05) is 0 Å². The van der Waals surface area contributed by atoms with Crippen LogP contribution in [0.5, 0.6) is 0 Å². The molecule has 4 fully saturated rings. The molecule has 0 N–H and O–H groups in total. The molecule has 0 amide bonds. The predicted octanol–water partition coefficient (Wildman–Crippen LogP) is -0.361. The Morgan fingerprint density at radius 1 is 0.533 bits per heavy atom. The molecule has 0 aromatic heterocycles. The SMILES string of the molecule is C1CN2CCN3CCCN4CN(C1)C2C34. The van der Waals surface area contributed by atoms with Crippen LogP contribution in [0.4, 0.5) is 0 Å². The zero-order valence-corrected chi connectivity index (χ0v) is 9.31. The highest BCUT2D eigenvalue weighted by Gasteiger charge is 2.50. The van der Waals surface area contributed by atoms with Gasteiger partial charge in [0.15, 0.2) is 0 Å². The predicted molar refractivity (Wildman–Crippen MR) is 58.2 cm³/mol. The lowest BCUT2D eigenvalue weighted by molar-refractivity contribution is -0.0793. The van der Waals surface area contributed by atoms with Gasteiger partial charge in [0.05, 0.1) is 19.0 Å². The Bertz CT molecular complexity index is 243. The van der Waals surface area contributed by atoms with Crippen molar-refractivity contribution in [3.05, 3.63) is 0 Å². The minimum absolute atomic E-state index is 0.729. The summed E-state index contributed by atoms with van der Waals surface area (Å²) in [4.78, 5) is 10.8. The highest BCUT2D eigenvalue weighted by atomic mass is 15.6. The van der Waals surface area contributed by atoms with Crippen LogP contribution in [-0.2, 0) is 0 Å². The monoisotopic (exact) mass is 208 g/mol. The first kappa shape index (κ1) is 8.93. The van der Waals surface area contributed by atoms with Crippen LogP contribution < -0.4 is 0 Å². The average molecular weight is 208 g/mol. The molecule has 0 aliphatic carbocycles. The molecule has 4 rings (SSSR count). The second-order valence-electron chi connectivity index (χ2n) is 5.37. The quantitative estimate of drug-likeness (QED) is 0.539. The third-order valence-electron chi connectivity index (χ3n) is 4.58. The Labute approximate surface area is 91.4 Å². The van der Waals surface area contributed by atoms with Gasteiger partial charge in [0.2, 0.25) is 0 Å². The molecule has 84 valence electrons. The van der Waals surface area contributed by atoms with E-state index >= 15 is 0 Å². The van der Waals surface area contributed by atoms with Gasteiger partial charge in [0.1, 0.15) is 0 Å². The molecule has 15 heavy (non-hydrogen) atoms. The highest BCUT2D eigenvalue weighted by Crippen LogP contribution is 2.34. The lowest BCUT2D eigenvalue weighted by Crippen LogP contribution is -2.67. The third-order valence-corrected chi connectivity index (χ3v) is 4.58. The first-order valence-electron chi connectivity index (χ1n) is 6.40.